The van der Waals surface area contributed by atoms with Crippen LogP contribution < -0.4 is 9.47 Å². The maximum atomic E-state index is 12.4. The van der Waals surface area contributed by atoms with Gasteiger partial charge >= 0.3 is 5.97 Å². The quantitative estimate of drug-likeness (QED) is 0.404. The van der Waals surface area contributed by atoms with Crippen LogP contribution in [0.3, 0.4) is 0 Å². The summed E-state index contributed by atoms with van der Waals surface area (Å²) in [7, 11) is 1.34. The van der Waals surface area contributed by atoms with E-state index >= 15 is 0 Å². The molecule has 0 unspecified atom stereocenters. The van der Waals surface area contributed by atoms with Crippen LogP contribution in [0.4, 0.5) is 0 Å². The molecule has 0 aliphatic rings. The highest BCUT2D eigenvalue weighted by Gasteiger charge is 2.10. The Morgan fingerprint density at radius 1 is 0.885 bits per heavy atom. The van der Waals surface area contributed by atoms with Crippen molar-refractivity contribution >= 4 is 17.8 Å². The van der Waals surface area contributed by atoms with E-state index in [-0.39, 0.29) is 5.78 Å². The van der Waals surface area contributed by atoms with Gasteiger partial charge in [0.2, 0.25) is 0 Å². The number of rotatable bonds is 8. The minimum Gasteiger partial charge on any atom is -0.490 e. The number of esters is 1. The molecule has 5 nitrogen and oxygen atoms in total. The summed E-state index contributed by atoms with van der Waals surface area (Å²) in [5, 5.41) is 0. The number of allylic oxidation sites excluding steroid dienone is 1. The topological polar surface area (TPSA) is 61.8 Å². The van der Waals surface area contributed by atoms with Gasteiger partial charge in [-0.25, -0.2) is 4.79 Å². The summed E-state index contributed by atoms with van der Waals surface area (Å²) >= 11 is 0. The molecule has 0 amide bonds. The number of hydrogen-bond donors (Lipinski definition) is 0. The fourth-order valence-electron chi connectivity index (χ4n) is 2.32. The highest BCUT2D eigenvalue weighted by atomic mass is 16.5. The Bertz CT molecular complexity index is 791. The van der Waals surface area contributed by atoms with Crippen LogP contribution in [0.2, 0.25) is 0 Å². The van der Waals surface area contributed by atoms with E-state index in [2.05, 4.69) is 4.74 Å². The lowest BCUT2D eigenvalue weighted by Gasteiger charge is -2.11. The maximum Gasteiger partial charge on any atom is 0.337 e. The molecule has 0 aliphatic carbocycles. The second kappa shape index (κ2) is 9.42. The summed E-state index contributed by atoms with van der Waals surface area (Å²) in [6, 6.07) is 11.9. The number of hydrogen-bond acceptors (Lipinski definition) is 5. The van der Waals surface area contributed by atoms with E-state index in [0.717, 1.165) is 5.56 Å². The van der Waals surface area contributed by atoms with E-state index < -0.39 is 5.97 Å². The molecule has 0 bridgehead atoms. The highest BCUT2D eigenvalue weighted by Crippen LogP contribution is 2.28. The Morgan fingerprint density at radius 2 is 1.50 bits per heavy atom. The molecular formula is C21H22O5. The van der Waals surface area contributed by atoms with E-state index in [9.17, 15) is 9.59 Å². The number of carbonyl (C=O) groups excluding carboxylic acids is 2. The smallest absolute Gasteiger partial charge is 0.337 e. The first kappa shape index (κ1) is 19.2. The molecule has 0 N–H and O–H groups in total. The van der Waals surface area contributed by atoms with Gasteiger partial charge < -0.3 is 14.2 Å². The van der Waals surface area contributed by atoms with Crippen LogP contribution in [0, 0.1) is 0 Å². The van der Waals surface area contributed by atoms with E-state index in [4.69, 9.17) is 9.47 Å². The summed E-state index contributed by atoms with van der Waals surface area (Å²) in [4.78, 5) is 23.8. The van der Waals surface area contributed by atoms with E-state index in [1.165, 1.54) is 13.2 Å². The average Bonchev–Trinajstić information content (AvgIpc) is 2.67. The molecule has 0 radical (unpaired) electrons. The third-order valence-corrected chi connectivity index (χ3v) is 3.59. The molecule has 0 aliphatic heterocycles. The highest BCUT2D eigenvalue weighted by molar-refractivity contribution is 6.07. The average molecular weight is 354 g/mol. The van der Waals surface area contributed by atoms with E-state index in [1.54, 1.807) is 48.5 Å². The standard InChI is InChI=1S/C21H22O5/c1-4-25-19-13-11-17(14-20(19)26-5-2)18(22)12-8-15-6-9-16(10-7-15)21(23)24-3/h6-14H,4-5H2,1-3H3/b12-8+. The fourth-order valence-corrected chi connectivity index (χ4v) is 2.32. The number of benzene rings is 2. The Kier molecular flexibility index (Phi) is 6.97. The van der Waals surface area contributed by atoms with Crippen molar-refractivity contribution in [3.8, 4) is 11.5 Å². The van der Waals surface area contributed by atoms with Crippen molar-refractivity contribution in [2.45, 2.75) is 13.8 Å². The van der Waals surface area contributed by atoms with Crippen molar-refractivity contribution in [3.63, 3.8) is 0 Å². The fraction of sp³-hybridized carbons (Fsp3) is 0.238. The van der Waals surface area contributed by atoms with E-state index in [0.29, 0.717) is 35.8 Å². The summed E-state index contributed by atoms with van der Waals surface area (Å²) in [6.45, 7) is 4.78. The molecule has 0 saturated carbocycles. The maximum absolute atomic E-state index is 12.4. The summed E-state index contributed by atoms with van der Waals surface area (Å²) < 4.78 is 15.7. The molecule has 0 fully saturated rings. The van der Waals surface area contributed by atoms with Gasteiger partial charge in [-0.3, -0.25) is 4.79 Å². The van der Waals surface area contributed by atoms with Gasteiger partial charge in [0, 0.05) is 5.56 Å². The van der Waals surface area contributed by atoms with Crippen molar-refractivity contribution < 1.29 is 23.8 Å². The van der Waals surface area contributed by atoms with Gasteiger partial charge in [-0.05, 0) is 55.8 Å². The molecule has 2 rings (SSSR count). The van der Waals surface area contributed by atoms with Crippen LogP contribution in [0.15, 0.2) is 48.5 Å². The monoisotopic (exact) mass is 354 g/mol. The summed E-state index contributed by atoms with van der Waals surface area (Å²) in [5.74, 6) is 0.629. The van der Waals surface area contributed by atoms with Crippen molar-refractivity contribution in [3.05, 3.63) is 65.2 Å². The van der Waals surface area contributed by atoms with Gasteiger partial charge in [0.1, 0.15) is 0 Å². The molecule has 5 heteroatoms. The molecule has 136 valence electrons. The van der Waals surface area contributed by atoms with E-state index in [1.807, 2.05) is 13.8 Å². The largest absolute Gasteiger partial charge is 0.490 e. The molecule has 0 atom stereocenters. The normalized spacial score (nSPS) is 10.6. The summed E-state index contributed by atoms with van der Waals surface area (Å²) in [6.07, 6.45) is 3.18. The molecular weight excluding hydrogens is 332 g/mol. The molecule has 2 aromatic carbocycles. The van der Waals surface area contributed by atoms with Crippen LogP contribution in [-0.4, -0.2) is 32.1 Å². The first-order chi connectivity index (χ1) is 12.6. The zero-order chi connectivity index (χ0) is 18.9. The SMILES string of the molecule is CCOc1ccc(C(=O)/C=C/c2ccc(C(=O)OC)cc2)cc1OCC. The lowest BCUT2D eigenvalue weighted by molar-refractivity contribution is 0.0600. The Morgan fingerprint density at radius 3 is 2.12 bits per heavy atom. The van der Waals surface area contributed by atoms with Crippen molar-refractivity contribution in [2.75, 3.05) is 20.3 Å². The van der Waals surface area contributed by atoms with Crippen LogP contribution in [0.5, 0.6) is 11.5 Å². The number of methoxy groups -OCH3 is 1. The van der Waals surface area contributed by atoms with Gasteiger partial charge in [0.05, 0.1) is 25.9 Å². The summed E-state index contributed by atoms with van der Waals surface area (Å²) in [5.41, 5.74) is 1.78. The third kappa shape index (κ3) is 4.96. The van der Waals surface area contributed by atoms with Crippen LogP contribution in [0.25, 0.3) is 6.08 Å². The Labute approximate surface area is 153 Å². The van der Waals surface area contributed by atoms with Crippen LogP contribution in [-0.2, 0) is 4.74 Å². The lowest BCUT2D eigenvalue weighted by atomic mass is 10.1. The number of carbonyl (C=O) groups is 2. The molecule has 0 saturated heterocycles. The molecule has 0 heterocycles. The third-order valence-electron chi connectivity index (χ3n) is 3.59. The van der Waals surface area contributed by atoms with Gasteiger partial charge in [-0.1, -0.05) is 18.2 Å². The number of ether oxygens (including phenoxy) is 3. The first-order valence-corrected chi connectivity index (χ1v) is 8.39. The van der Waals surface area contributed by atoms with Gasteiger partial charge in [0.25, 0.3) is 0 Å². The molecule has 0 aromatic heterocycles. The molecule has 2 aromatic rings. The lowest BCUT2D eigenvalue weighted by Crippen LogP contribution is -2.01. The first-order valence-electron chi connectivity index (χ1n) is 8.39. The number of ketones is 1. The van der Waals surface area contributed by atoms with Crippen molar-refractivity contribution in [1.29, 1.82) is 0 Å². The zero-order valence-electron chi connectivity index (χ0n) is 15.2. The Hall–Kier alpha value is -3.08. The van der Waals surface area contributed by atoms with Gasteiger partial charge in [-0.15, -0.1) is 0 Å². The zero-order valence-corrected chi connectivity index (χ0v) is 15.2. The van der Waals surface area contributed by atoms with Gasteiger partial charge in [0.15, 0.2) is 17.3 Å². The minimum atomic E-state index is -0.394. The molecule has 0 spiro atoms. The Balaban J connectivity index is 2.14. The predicted molar refractivity (Wildman–Crippen MR) is 99.9 cm³/mol. The van der Waals surface area contributed by atoms with Crippen LogP contribution >= 0.6 is 0 Å². The molecule has 26 heavy (non-hydrogen) atoms. The van der Waals surface area contributed by atoms with Crippen molar-refractivity contribution in [2.24, 2.45) is 0 Å². The van der Waals surface area contributed by atoms with Gasteiger partial charge in [-0.2, -0.15) is 0 Å². The predicted octanol–water partition coefficient (Wildman–Crippen LogP) is 4.17. The minimum absolute atomic E-state index is 0.147. The second-order valence-electron chi connectivity index (χ2n) is 5.34. The van der Waals surface area contributed by atoms with Crippen molar-refractivity contribution in [1.82, 2.24) is 0 Å². The second-order valence-corrected chi connectivity index (χ2v) is 5.34. The van der Waals surface area contributed by atoms with Crippen LogP contribution in [0.1, 0.15) is 40.1 Å².